The minimum absolute atomic E-state index is 0.0475. The second-order valence-electron chi connectivity index (χ2n) is 7.86. The zero-order valence-electron chi connectivity index (χ0n) is 18.0. The van der Waals surface area contributed by atoms with Crippen molar-refractivity contribution in [2.75, 3.05) is 24.2 Å². The van der Waals surface area contributed by atoms with Gasteiger partial charge in [-0.3, -0.25) is 9.36 Å². The molecule has 0 spiro atoms. The number of anilines is 1. The van der Waals surface area contributed by atoms with Gasteiger partial charge in [0.1, 0.15) is 11.9 Å². The van der Waals surface area contributed by atoms with Gasteiger partial charge in [0.25, 0.3) is 5.56 Å². The number of nitriles is 1. The van der Waals surface area contributed by atoms with Crippen LogP contribution in [0.2, 0.25) is 0 Å². The van der Waals surface area contributed by atoms with E-state index in [-0.39, 0.29) is 17.2 Å². The molecule has 2 N–H and O–H groups in total. The Balaban J connectivity index is 1.93. The molecule has 164 valence electrons. The molecular formula is C24H24FN5OS. The highest BCUT2D eigenvalue weighted by atomic mass is 32.2. The summed E-state index contributed by atoms with van der Waals surface area (Å²) in [4.78, 5) is 21.6. The first-order chi connectivity index (χ1) is 15.4. The summed E-state index contributed by atoms with van der Waals surface area (Å²) in [6.45, 7) is 1.40. The minimum atomic E-state index is -0.637. The SMILES string of the molecule is CSc1ccc(-c2c(-c3ccc(C#N)c(F)c3)nc(N3CCC(N)CC3)n(C)c2=O)cc1. The van der Waals surface area contributed by atoms with E-state index < -0.39 is 5.82 Å². The lowest BCUT2D eigenvalue weighted by Gasteiger charge is -2.32. The van der Waals surface area contributed by atoms with E-state index in [1.165, 1.54) is 12.1 Å². The summed E-state index contributed by atoms with van der Waals surface area (Å²) in [6.07, 6.45) is 3.61. The van der Waals surface area contributed by atoms with Gasteiger partial charge in [-0.1, -0.05) is 18.2 Å². The fourth-order valence-corrected chi connectivity index (χ4v) is 4.36. The van der Waals surface area contributed by atoms with Crippen molar-refractivity contribution < 1.29 is 4.39 Å². The van der Waals surface area contributed by atoms with Crippen LogP contribution in [0.3, 0.4) is 0 Å². The first-order valence-electron chi connectivity index (χ1n) is 10.4. The van der Waals surface area contributed by atoms with Crippen LogP contribution in [0.5, 0.6) is 0 Å². The highest BCUT2D eigenvalue weighted by Gasteiger charge is 2.24. The molecule has 1 fully saturated rings. The van der Waals surface area contributed by atoms with Gasteiger partial charge in [0.05, 0.1) is 16.8 Å². The van der Waals surface area contributed by atoms with Crippen molar-refractivity contribution in [2.24, 2.45) is 12.8 Å². The first kappa shape index (κ1) is 22.1. The predicted molar refractivity (Wildman–Crippen MR) is 126 cm³/mol. The second kappa shape index (κ2) is 9.15. The Labute approximate surface area is 190 Å². The number of nitrogens with zero attached hydrogens (tertiary/aromatic N) is 4. The lowest BCUT2D eigenvalue weighted by atomic mass is 9.99. The third-order valence-corrected chi connectivity index (χ3v) is 6.57. The number of halogens is 1. The van der Waals surface area contributed by atoms with Crippen molar-refractivity contribution in [3.8, 4) is 28.5 Å². The smallest absolute Gasteiger partial charge is 0.263 e. The van der Waals surface area contributed by atoms with Gasteiger partial charge in [0.15, 0.2) is 0 Å². The van der Waals surface area contributed by atoms with Crippen LogP contribution in [0, 0.1) is 17.1 Å². The Morgan fingerprint density at radius 3 is 2.41 bits per heavy atom. The number of benzene rings is 2. The summed E-state index contributed by atoms with van der Waals surface area (Å²) in [6, 6.07) is 14.0. The van der Waals surface area contributed by atoms with Crippen LogP contribution in [-0.2, 0) is 7.05 Å². The molecule has 1 aliphatic rings. The van der Waals surface area contributed by atoms with Crippen LogP contribution in [0.25, 0.3) is 22.4 Å². The molecule has 1 aliphatic heterocycles. The summed E-state index contributed by atoms with van der Waals surface area (Å²) < 4.78 is 16.0. The van der Waals surface area contributed by atoms with Gasteiger partial charge in [0, 0.05) is 36.6 Å². The lowest BCUT2D eigenvalue weighted by Crippen LogP contribution is -2.42. The lowest BCUT2D eigenvalue weighted by molar-refractivity contribution is 0.490. The average Bonchev–Trinajstić information content (AvgIpc) is 2.81. The maximum absolute atomic E-state index is 14.5. The molecule has 3 aromatic rings. The Hall–Kier alpha value is -3.15. The maximum Gasteiger partial charge on any atom is 0.263 e. The van der Waals surface area contributed by atoms with E-state index in [0.717, 1.165) is 17.7 Å². The van der Waals surface area contributed by atoms with Crippen LogP contribution < -0.4 is 16.2 Å². The zero-order valence-corrected chi connectivity index (χ0v) is 18.8. The summed E-state index contributed by atoms with van der Waals surface area (Å²) >= 11 is 1.61. The molecule has 0 unspecified atom stereocenters. The molecule has 0 aliphatic carbocycles. The Bertz CT molecular complexity index is 1240. The van der Waals surface area contributed by atoms with Gasteiger partial charge in [-0.05, 0) is 48.9 Å². The summed E-state index contributed by atoms with van der Waals surface area (Å²) in [5.74, 6) is -0.104. The molecule has 8 heteroatoms. The zero-order chi connectivity index (χ0) is 22.8. The van der Waals surface area contributed by atoms with E-state index in [2.05, 4.69) is 4.90 Å². The number of piperidine rings is 1. The molecule has 0 bridgehead atoms. The second-order valence-corrected chi connectivity index (χ2v) is 8.74. The number of aromatic nitrogens is 2. The molecule has 0 saturated carbocycles. The quantitative estimate of drug-likeness (QED) is 0.610. The van der Waals surface area contributed by atoms with Gasteiger partial charge < -0.3 is 10.6 Å². The van der Waals surface area contributed by atoms with Gasteiger partial charge in [-0.15, -0.1) is 11.8 Å². The topological polar surface area (TPSA) is 87.9 Å². The Kier molecular flexibility index (Phi) is 6.31. The first-order valence-corrected chi connectivity index (χ1v) is 11.6. The third kappa shape index (κ3) is 4.14. The number of rotatable bonds is 4. The van der Waals surface area contributed by atoms with Crippen LogP contribution >= 0.6 is 11.8 Å². The molecule has 1 saturated heterocycles. The molecule has 32 heavy (non-hydrogen) atoms. The van der Waals surface area contributed by atoms with Crippen LogP contribution in [0.4, 0.5) is 10.3 Å². The monoisotopic (exact) mass is 449 g/mol. The third-order valence-electron chi connectivity index (χ3n) is 5.83. The molecule has 0 amide bonds. The van der Waals surface area contributed by atoms with E-state index >= 15 is 0 Å². The molecule has 2 aromatic carbocycles. The molecule has 4 rings (SSSR count). The molecule has 1 aromatic heterocycles. The van der Waals surface area contributed by atoms with E-state index in [0.29, 0.717) is 41.4 Å². The van der Waals surface area contributed by atoms with Crippen molar-refractivity contribution in [1.82, 2.24) is 9.55 Å². The van der Waals surface area contributed by atoms with Crippen molar-refractivity contribution in [3.63, 3.8) is 0 Å². The number of nitrogens with two attached hydrogens (primary N) is 1. The van der Waals surface area contributed by atoms with E-state index in [1.54, 1.807) is 29.4 Å². The van der Waals surface area contributed by atoms with Crippen molar-refractivity contribution in [1.29, 1.82) is 5.26 Å². The number of thioether (sulfide) groups is 1. The number of hydrogen-bond donors (Lipinski definition) is 1. The largest absolute Gasteiger partial charge is 0.342 e. The normalized spacial score (nSPS) is 14.4. The van der Waals surface area contributed by atoms with Crippen LogP contribution in [0.15, 0.2) is 52.2 Å². The highest BCUT2D eigenvalue weighted by Crippen LogP contribution is 2.32. The highest BCUT2D eigenvalue weighted by molar-refractivity contribution is 7.98. The van der Waals surface area contributed by atoms with Gasteiger partial charge in [-0.25, -0.2) is 9.37 Å². The fraction of sp³-hybridized carbons (Fsp3) is 0.292. The van der Waals surface area contributed by atoms with E-state index in [4.69, 9.17) is 16.0 Å². The molecule has 0 radical (unpaired) electrons. The van der Waals surface area contributed by atoms with Crippen LogP contribution in [0.1, 0.15) is 18.4 Å². The van der Waals surface area contributed by atoms with E-state index in [9.17, 15) is 9.18 Å². The number of hydrogen-bond acceptors (Lipinski definition) is 6. The minimum Gasteiger partial charge on any atom is -0.342 e. The summed E-state index contributed by atoms with van der Waals surface area (Å²) in [5.41, 5.74) is 7.77. The van der Waals surface area contributed by atoms with Crippen molar-refractivity contribution >= 4 is 17.7 Å². The maximum atomic E-state index is 14.5. The summed E-state index contributed by atoms with van der Waals surface area (Å²) in [7, 11) is 1.71. The standard InChI is InChI=1S/C24H24FN5OS/c1-29-23(31)21(15-5-7-19(32-2)8-6-15)22(16-3-4-17(14-26)20(25)13-16)28-24(29)30-11-9-18(27)10-12-30/h3-8,13,18H,9-12,27H2,1-2H3. The van der Waals surface area contributed by atoms with E-state index in [1.807, 2.05) is 36.6 Å². The fourth-order valence-electron chi connectivity index (χ4n) is 3.95. The molecular weight excluding hydrogens is 425 g/mol. The van der Waals surface area contributed by atoms with Gasteiger partial charge in [-0.2, -0.15) is 5.26 Å². The van der Waals surface area contributed by atoms with Crippen molar-refractivity contribution in [3.05, 3.63) is 64.2 Å². The van der Waals surface area contributed by atoms with Crippen LogP contribution in [-0.4, -0.2) is 34.9 Å². The molecule has 0 atom stereocenters. The summed E-state index contributed by atoms with van der Waals surface area (Å²) in [5, 5.41) is 9.10. The Morgan fingerprint density at radius 1 is 1.16 bits per heavy atom. The predicted octanol–water partition coefficient (Wildman–Crippen LogP) is 3.77. The van der Waals surface area contributed by atoms with Gasteiger partial charge >= 0.3 is 0 Å². The molecule has 6 nitrogen and oxygen atoms in total. The average molecular weight is 450 g/mol. The molecule has 2 heterocycles. The van der Waals surface area contributed by atoms with Gasteiger partial charge in [0.2, 0.25) is 5.95 Å². The Morgan fingerprint density at radius 2 is 1.81 bits per heavy atom. The van der Waals surface area contributed by atoms with Crippen molar-refractivity contribution in [2.45, 2.75) is 23.8 Å².